The van der Waals surface area contributed by atoms with Gasteiger partial charge in [0.2, 0.25) is 0 Å². The first kappa shape index (κ1) is 15.1. The van der Waals surface area contributed by atoms with Crippen molar-refractivity contribution in [3.63, 3.8) is 0 Å². The van der Waals surface area contributed by atoms with Gasteiger partial charge in [-0.15, -0.1) is 0 Å². The minimum Gasteiger partial charge on any atom is -0.316 e. The Morgan fingerprint density at radius 3 is 2.72 bits per heavy atom. The van der Waals surface area contributed by atoms with Crippen LogP contribution in [0.1, 0.15) is 18.9 Å². The predicted molar refractivity (Wildman–Crippen MR) is 71.9 cm³/mol. The number of hydrogen-bond acceptors (Lipinski definition) is 3. The Balaban J connectivity index is 2.13. The molecule has 18 heavy (non-hydrogen) atoms. The molecule has 0 aliphatic heterocycles. The number of rotatable bonds is 8. The molecule has 0 radical (unpaired) electrons. The summed E-state index contributed by atoms with van der Waals surface area (Å²) in [4.78, 5) is 0. The van der Waals surface area contributed by atoms with E-state index in [-0.39, 0.29) is 17.3 Å². The maximum Gasteiger partial charge on any atom is 0.150 e. The van der Waals surface area contributed by atoms with E-state index in [0.717, 1.165) is 18.5 Å². The zero-order valence-corrected chi connectivity index (χ0v) is 11.5. The summed E-state index contributed by atoms with van der Waals surface area (Å²) in [5.41, 5.74) is 0.948. The van der Waals surface area contributed by atoms with Crippen LogP contribution in [0.2, 0.25) is 0 Å². The van der Waals surface area contributed by atoms with Crippen molar-refractivity contribution in [3.05, 3.63) is 35.6 Å². The van der Waals surface area contributed by atoms with Gasteiger partial charge in [0.15, 0.2) is 0 Å². The molecular formula is C13H20FNO2S. The largest absolute Gasteiger partial charge is 0.316 e. The molecule has 0 aliphatic rings. The molecule has 0 heterocycles. The van der Waals surface area contributed by atoms with Crippen molar-refractivity contribution in [2.45, 2.75) is 19.8 Å². The second-order valence-electron chi connectivity index (χ2n) is 4.22. The lowest BCUT2D eigenvalue weighted by molar-refractivity contribution is 0.589. The van der Waals surface area contributed by atoms with Crippen LogP contribution in [-0.4, -0.2) is 33.0 Å². The standard InChI is InChI=1S/C13H20FNO2S/c1-2-18(16,17)10-4-8-15-9-7-12-5-3-6-13(14)11-12/h3,5-6,11,15H,2,4,7-10H2,1H3. The molecule has 0 fully saturated rings. The number of hydrogen-bond donors (Lipinski definition) is 1. The highest BCUT2D eigenvalue weighted by Gasteiger charge is 2.05. The maximum absolute atomic E-state index is 12.9. The fraction of sp³-hybridized carbons (Fsp3) is 0.538. The van der Waals surface area contributed by atoms with Crippen molar-refractivity contribution >= 4 is 9.84 Å². The van der Waals surface area contributed by atoms with Gasteiger partial charge in [-0.1, -0.05) is 19.1 Å². The molecule has 0 saturated heterocycles. The summed E-state index contributed by atoms with van der Waals surface area (Å²) in [6, 6.07) is 6.51. The summed E-state index contributed by atoms with van der Waals surface area (Å²) in [6.07, 6.45) is 1.37. The quantitative estimate of drug-likeness (QED) is 0.734. The van der Waals surface area contributed by atoms with Crippen molar-refractivity contribution in [3.8, 4) is 0 Å². The Labute approximate surface area is 108 Å². The molecule has 1 aromatic carbocycles. The van der Waals surface area contributed by atoms with Crippen molar-refractivity contribution in [1.82, 2.24) is 5.32 Å². The smallest absolute Gasteiger partial charge is 0.150 e. The van der Waals surface area contributed by atoms with E-state index in [2.05, 4.69) is 5.32 Å². The third kappa shape index (κ3) is 6.12. The van der Waals surface area contributed by atoms with Crippen LogP contribution in [0.25, 0.3) is 0 Å². The van der Waals surface area contributed by atoms with Crippen LogP contribution in [0.4, 0.5) is 4.39 Å². The third-order valence-corrected chi connectivity index (χ3v) is 4.52. The molecule has 102 valence electrons. The summed E-state index contributed by atoms with van der Waals surface area (Å²) in [5.74, 6) is 0.216. The average Bonchev–Trinajstić information content (AvgIpc) is 2.34. The van der Waals surface area contributed by atoms with Crippen molar-refractivity contribution in [2.24, 2.45) is 0 Å². The van der Waals surface area contributed by atoms with E-state index in [1.165, 1.54) is 12.1 Å². The van der Waals surface area contributed by atoms with Gasteiger partial charge in [0.05, 0.1) is 5.75 Å². The summed E-state index contributed by atoms with van der Waals surface area (Å²) < 4.78 is 35.3. The summed E-state index contributed by atoms with van der Waals surface area (Å²) in [5, 5.41) is 3.16. The minimum absolute atomic E-state index is 0.205. The molecular weight excluding hydrogens is 253 g/mol. The molecule has 0 bridgehead atoms. The Morgan fingerprint density at radius 1 is 1.28 bits per heavy atom. The predicted octanol–water partition coefficient (Wildman–Crippen LogP) is 1.78. The van der Waals surface area contributed by atoms with Crippen LogP contribution >= 0.6 is 0 Å². The Kier molecular flexibility index (Phi) is 6.29. The Morgan fingerprint density at radius 2 is 2.06 bits per heavy atom. The van der Waals surface area contributed by atoms with Gasteiger partial charge < -0.3 is 5.32 Å². The number of sulfone groups is 1. The van der Waals surface area contributed by atoms with Gasteiger partial charge in [0, 0.05) is 5.75 Å². The molecule has 0 aliphatic carbocycles. The molecule has 3 nitrogen and oxygen atoms in total. The third-order valence-electron chi connectivity index (χ3n) is 2.73. The zero-order chi connectivity index (χ0) is 13.4. The number of halogens is 1. The normalized spacial score (nSPS) is 11.7. The minimum atomic E-state index is -2.85. The lowest BCUT2D eigenvalue weighted by Gasteiger charge is -2.05. The van der Waals surface area contributed by atoms with Crippen LogP contribution in [0.3, 0.4) is 0 Å². The molecule has 0 aromatic heterocycles. The SMILES string of the molecule is CCS(=O)(=O)CCCNCCc1cccc(F)c1. The van der Waals surface area contributed by atoms with Gasteiger partial charge in [-0.05, 0) is 43.6 Å². The van der Waals surface area contributed by atoms with Gasteiger partial charge >= 0.3 is 0 Å². The van der Waals surface area contributed by atoms with Gasteiger partial charge in [-0.2, -0.15) is 0 Å². The van der Waals surface area contributed by atoms with E-state index >= 15 is 0 Å². The van der Waals surface area contributed by atoms with Crippen molar-refractivity contribution < 1.29 is 12.8 Å². The van der Waals surface area contributed by atoms with E-state index < -0.39 is 9.84 Å². The molecule has 0 spiro atoms. The second kappa shape index (κ2) is 7.48. The summed E-state index contributed by atoms with van der Waals surface area (Å²) in [6.45, 7) is 3.07. The highest BCUT2D eigenvalue weighted by Crippen LogP contribution is 2.03. The molecule has 0 saturated carbocycles. The van der Waals surface area contributed by atoms with Crippen LogP contribution < -0.4 is 5.32 Å². The number of benzene rings is 1. The second-order valence-corrected chi connectivity index (χ2v) is 6.69. The Hall–Kier alpha value is -0.940. The molecule has 0 atom stereocenters. The fourth-order valence-electron chi connectivity index (χ4n) is 1.61. The van der Waals surface area contributed by atoms with Gasteiger partial charge in [-0.3, -0.25) is 0 Å². The molecule has 1 rings (SSSR count). The van der Waals surface area contributed by atoms with Crippen LogP contribution in [0.15, 0.2) is 24.3 Å². The lowest BCUT2D eigenvalue weighted by Crippen LogP contribution is -2.21. The fourth-order valence-corrected chi connectivity index (χ4v) is 2.48. The van der Waals surface area contributed by atoms with Crippen molar-refractivity contribution in [1.29, 1.82) is 0 Å². The average molecular weight is 273 g/mol. The van der Waals surface area contributed by atoms with E-state index in [4.69, 9.17) is 0 Å². The summed E-state index contributed by atoms with van der Waals surface area (Å²) in [7, 11) is -2.85. The summed E-state index contributed by atoms with van der Waals surface area (Å²) >= 11 is 0. The molecule has 0 amide bonds. The topological polar surface area (TPSA) is 46.2 Å². The van der Waals surface area contributed by atoms with Crippen molar-refractivity contribution in [2.75, 3.05) is 24.6 Å². The maximum atomic E-state index is 12.9. The molecule has 0 unspecified atom stereocenters. The van der Waals surface area contributed by atoms with Crippen LogP contribution in [-0.2, 0) is 16.3 Å². The van der Waals surface area contributed by atoms with E-state index in [1.54, 1.807) is 13.0 Å². The number of nitrogens with one attached hydrogen (secondary N) is 1. The first-order chi connectivity index (χ1) is 8.53. The monoisotopic (exact) mass is 273 g/mol. The highest BCUT2D eigenvalue weighted by molar-refractivity contribution is 7.91. The Bertz CT molecular complexity index is 460. The molecule has 1 aromatic rings. The van der Waals surface area contributed by atoms with Gasteiger partial charge in [-0.25, -0.2) is 12.8 Å². The zero-order valence-electron chi connectivity index (χ0n) is 10.7. The first-order valence-corrected chi connectivity index (χ1v) is 8.01. The first-order valence-electron chi connectivity index (χ1n) is 6.19. The van der Waals surface area contributed by atoms with E-state index in [9.17, 15) is 12.8 Å². The molecule has 1 N–H and O–H groups in total. The van der Waals surface area contributed by atoms with Crippen LogP contribution in [0, 0.1) is 5.82 Å². The molecule has 5 heteroatoms. The van der Waals surface area contributed by atoms with Gasteiger partial charge in [0.25, 0.3) is 0 Å². The van der Waals surface area contributed by atoms with E-state index in [1.807, 2.05) is 6.07 Å². The van der Waals surface area contributed by atoms with E-state index in [0.29, 0.717) is 13.0 Å². The highest BCUT2D eigenvalue weighted by atomic mass is 32.2. The van der Waals surface area contributed by atoms with Gasteiger partial charge in [0.1, 0.15) is 15.7 Å². The van der Waals surface area contributed by atoms with Crippen LogP contribution in [0.5, 0.6) is 0 Å². The lowest BCUT2D eigenvalue weighted by atomic mass is 10.1.